The van der Waals surface area contributed by atoms with Crippen molar-refractivity contribution in [3.8, 4) is 5.88 Å². The Bertz CT molecular complexity index is 941. The molecule has 3 heterocycles. The lowest BCUT2D eigenvalue weighted by molar-refractivity contribution is 0.0317. The third-order valence-electron chi connectivity index (χ3n) is 4.93. The fraction of sp³-hybridized carbons (Fsp3) is 0.421. The fourth-order valence-corrected chi connectivity index (χ4v) is 4.58. The highest BCUT2D eigenvalue weighted by atomic mass is 35.5. The Hall–Kier alpha value is -1.96. The van der Waals surface area contributed by atoms with Gasteiger partial charge in [0.15, 0.2) is 0 Å². The van der Waals surface area contributed by atoms with Crippen LogP contribution in [0.4, 0.5) is 11.5 Å². The van der Waals surface area contributed by atoms with E-state index in [1.54, 1.807) is 19.6 Å². The number of hydrogen-bond acceptors (Lipinski definition) is 7. The molecule has 0 aromatic carbocycles. The number of fused-ring (bicyclic) bond motifs is 1. The molecular formula is C19H21ClN4O2S. The second-order valence-electron chi connectivity index (χ2n) is 6.64. The van der Waals surface area contributed by atoms with Gasteiger partial charge in [-0.2, -0.15) is 0 Å². The van der Waals surface area contributed by atoms with Crippen molar-refractivity contribution in [2.45, 2.75) is 44.8 Å². The van der Waals surface area contributed by atoms with Crippen molar-refractivity contribution in [2.75, 3.05) is 12.4 Å². The van der Waals surface area contributed by atoms with E-state index >= 15 is 0 Å². The molecule has 3 aromatic rings. The summed E-state index contributed by atoms with van der Waals surface area (Å²) in [5.41, 5.74) is 1.76. The zero-order valence-corrected chi connectivity index (χ0v) is 16.8. The first-order valence-corrected chi connectivity index (χ1v) is 10.2. The van der Waals surface area contributed by atoms with Crippen LogP contribution in [0, 0.1) is 6.92 Å². The van der Waals surface area contributed by atoms with Crippen molar-refractivity contribution in [2.24, 2.45) is 0 Å². The third kappa shape index (κ3) is 3.85. The molecule has 6 nitrogen and oxygen atoms in total. The summed E-state index contributed by atoms with van der Waals surface area (Å²) < 4.78 is 12.4. The zero-order valence-electron chi connectivity index (χ0n) is 15.2. The normalized spacial score (nSPS) is 20.0. The van der Waals surface area contributed by atoms with E-state index in [2.05, 4.69) is 20.3 Å². The molecule has 0 saturated heterocycles. The number of nitrogens with zero attached hydrogens (tertiary/aromatic N) is 3. The van der Waals surface area contributed by atoms with Gasteiger partial charge in [0.05, 0.1) is 15.8 Å². The average Bonchev–Trinajstić information content (AvgIpc) is 2.99. The number of methoxy groups -OCH3 is 1. The Morgan fingerprint density at radius 3 is 2.70 bits per heavy atom. The first-order valence-electron chi connectivity index (χ1n) is 8.96. The Morgan fingerprint density at radius 2 is 1.93 bits per heavy atom. The van der Waals surface area contributed by atoms with Crippen LogP contribution in [-0.4, -0.2) is 34.3 Å². The summed E-state index contributed by atoms with van der Waals surface area (Å²) in [7, 11) is 1.77. The minimum atomic E-state index is 0.148. The molecule has 27 heavy (non-hydrogen) atoms. The largest absolute Gasteiger partial charge is 0.473 e. The molecule has 1 fully saturated rings. The molecular weight excluding hydrogens is 384 g/mol. The van der Waals surface area contributed by atoms with Gasteiger partial charge in [0, 0.05) is 13.3 Å². The minimum absolute atomic E-state index is 0.148. The highest BCUT2D eigenvalue weighted by Gasteiger charge is 2.23. The molecule has 0 unspecified atom stereocenters. The van der Waals surface area contributed by atoms with Crippen molar-refractivity contribution in [1.82, 2.24) is 15.0 Å². The molecule has 0 atom stereocenters. The molecule has 0 spiro atoms. The number of hydrogen-bond donors (Lipinski definition) is 1. The monoisotopic (exact) mass is 404 g/mol. The Morgan fingerprint density at radius 1 is 1.15 bits per heavy atom. The van der Waals surface area contributed by atoms with Crippen LogP contribution in [0.25, 0.3) is 10.2 Å². The SMILES string of the molecule is CO[C@H]1CC[C@H](Oc2ncccc2Nc2ncnc3sc(Cl)c(C)c23)CC1. The smallest absolute Gasteiger partial charge is 0.238 e. The van der Waals surface area contributed by atoms with Gasteiger partial charge in [-0.25, -0.2) is 15.0 Å². The van der Waals surface area contributed by atoms with Crippen molar-refractivity contribution in [1.29, 1.82) is 0 Å². The molecule has 0 bridgehead atoms. The summed E-state index contributed by atoms with van der Waals surface area (Å²) in [4.78, 5) is 14.0. The average molecular weight is 405 g/mol. The number of aromatic nitrogens is 3. The number of nitrogens with one attached hydrogen (secondary N) is 1. The second-order valence-corrected chi connectivity index (χ2v) is 8.24. The highest BCUT2D eigenvalue weighted by molar-refractivity contribution is 7.22. The van der Waals surface area contributed by atoms with Crippen LogP contribution in [0.3, 0.4) is 0 Å². The standard InChI is InChI=1S/C19H21ClN4O2S/c1-11-15-17(22-10-23-19(15)27-16(11)20)24-14-4-3-9-21-18(14)26-13-7-5-12(25-2)6-8-13/h3-4,9-10,12-13H,5-8H2,1-2H3,(H,22,23,24)/t12-,13-. The van der Waals surface area contributed by atoms with Gasteiger partial charge in [0.1, 0.15) is 28.8 Å². The van der Waals surface area contributed by atoms with Crippen LogP contribution >= 0.6 is 22.9 Å². The van der Waals surface area contributed by atoms with Crippen LogP contribution in [0.15, 0.2) is 24.7 Å². The lowest BCUT2D eigenvalue weighted by atomic mass is 9.95. The number of rotatable bonds is 5. The lowest BCUT2D eigenvalue weighted by Gasteiger charge is -2.28. The van der Waals surface area contributed by atoms with Crippen LogP contribution in [0.5, 0.6) is 5.88 Å². The number of halogens is 1. The Labute approximate surface area is 166 Å². The predicted molar refractivity (Wildman–Crippen MR) is 108 cm³/mol. The first kappa shape index (κ1) is 18.4. The van der Waals surface area contributed by atoms with E-state index in [-0.39, 0.29) is 6.10 Å². The Kier molecular flexibility index (Phi) is 5.43. The summed E-state index contributed by atoms with van der Waals surface area (Å²) in [5.74, 6) is 1.30. The third-order valence-corrected chi connectivity index (χ3v) is 6.43. The van der Waals surface area contributed by atoms with Crippen molar-refractivity contribution in [3.63, 3.8) is 0 Å². The number of anilines is 2. The van der Waals surface area contributed by atoms with E-state index in [1.165, 1.54) is 11.3 Å². The summed E-state index contributed by atoms with van der Waals surface area (Å²) in [5, 5.41) is 4.30. The van der Waals surface area contributed by atoms with Gasteiger partial charge in [-0.15, -0.1) is 11.3 Å². The van der Waals surface area contributed by atoms with Crippen molar-refractivity contribution >= 4 is 44.7 Å². The van der Waals surface area contributed by atoms with Gasteiger partial charge >= 0.3 is 0 Å². The molecule has 1 aliphatic carbocycles. The van der Waals surface area contributed by atoms with Gasteiger partial charge < -0.3 is 14.8 Å². The number of ether oxygens (including phenoxy) is 2. The van der Waals surface area contributed by atoms with E-state index in [9.17, 15) is 0 Å². The molecule has 4 rings (SSSR count). The maximum absolute atomic E-state index is 6.29. The molecule has 0 radical (unpaired) electrons. The number of pyridine rings is 1. The fourth-order valence-electron chi connectivity index (χ4n) is 3.39. The van der Waals surface area contributed by atoms with Gasteiger partial charge in [0.25, 0.3) is 0 Å². The molecule has 1 aliphatic rings. The summed E-state index contributed by atoms with van der Waals surface area (Å²) in [6.45, 7) is 1.98. The topological polar surface area (TPSA) is 69.2 Å². The van der Waals surface area contributed by atoms with Crippen LogP contribution in [-0.2, 0) is 4.74 Å². The number of thiophene rings is 1. The first-order chi connectivity index (χ1) is 13.2. The lowest BCUT2D eigenvalue weighted by Crippen LogP contribution is -2.28. The molecule has 1 N–H and O–H groups in total. The molecule has 142 valence electrons. The Balaban J connectivity index is 1.57. The van der Waals surface area contributed by atoms with Gasteiger partial charge in [-0.05, 0) is 50.3 Å². The molecule has 8 heteroatoms. The summed E-state index contributed by atoms with van der Waals surface area (Å²) in [6.07, 6.45) is 7.72. The van der Waals surface area contributed by atoms with E-state index in [4.69, 9.17) is 21.1 Å². The highest BCUT2D eigenvalue weighted by Crippen LogP contribution is 2.38. The van der Waals surface area contributed by atoms with E-state index in [1.807, 2.05) is 19.1 Å². The molecule has 0 aliphatic heterocycles. The molecule has 1 saturated carbocycles. The van der Waals surface area contributed by atoms with Crippen LogP contribution < -0.4 is 10.1 Å². The van der Waals surface area contributed by atoms with Gasteiger partial charge in [-0.3, -0.25) is 0 Å². The predicted octanol–water partition coefficient (Wildman–Crippen LogP) is 5.13. The van der Waals surface area contributed by atoms with Gasteiger partial charge in [-0.1, -0.05) is 11.6 Å². The summed E-state index contributed by atoms with van der Waals surface area (Å²) in [6, 6.07) is 3.82. The van der Waals surface area contributed by atoms with E-state index in [0.29, 0.717) is 17.8 Å². The minimum Gasteiger partial charge on any atom is -0.473 e. The quantitative estimate of drug-likeness (QED) is 0.635. The van der Waals surface area contributed by atoms with E-state index < -0.39 is 0 Å². The van der Waals surface area contributed by atoms with Crippen molar-refractivity contribution < 1.29 is 9.47 Å². The maximum Gasteiger partial charge on any atom is 0.238 e. The number of aryl methyl sites for hydroxylation is 1. The summed E-state index contributed by atoms with van der Waals surface area (Å²) >= 11 is 7.74. The zero-order chi connectivity index (χ0) is 18.8. The van der Waals surface area contributed by atoms with E-state index in [0.717, 1.165) is 51.5 Å². The molecule has 0 amide bonds. The van der Waals surface area contributed by atoms with Crippen LogP contribution in [0.2, 0.25) is 4.34 Å². The second kappa shape index (κ2) is 7.96. The van der Waals surface area contributed by atoms with Crippen molar-refractivity contribution in [3.05, 3.63) is 34.6 Å². The van der Waals surface area contributed by atoms with Gasteiger partial charge in [0.2, 0.25) is 5.88 Å². The molecule has 3 aromatic heterocycles. The van der Waals surface area contributed by atoms with Crippen LogP contribution in [0.1, 0.15) is 31.2 Å². The maximum atomic E-state index is 6.29.